The third-order valence-corrected chi connectivity index (χ3v) is 4.56. The highest BCUT2D eigenvalue weighted by Gasteiger charge is 2.13. The van der Waals surface area contributed by atoms with E-state index in [9.17, 15) is 4.79 Å². The largest absolute Gasteiger partial charge is 0.368 e. The van der Waals surface area contributed by atoms with Crippen LogP contribution in [-0.2, 0) is 4.79 Å². The topological polar surface area (TPSA) is 122 Å². The summed E-state index contributed by atoms with van der Waals surface area (Å²) in [7, 11) is 0. The molecule has 10 heteroatoms. The molecule has 8 nitrogen and oxygen atoms in total. The second kappa shape index (κ2) is 7.36. The van der Waals surface area contributed by atoms with Gasteiger partial charge in [-0.3, -0.25) is 10.1 Å². The van der Waals surface area contributed by atoms with Crippen LogP contribution in [0.3, 0.4) is 0 Å². The average Bonchev–Trinajstić information content (AvgIpc) is 3.06. The normalized spacial score (nSPS) is 12.3. The van der Waals surface area contributed by atoms with Crippen molar-refractivity contribution in [2.75, 3.05) is 16.8 Å². The molecule has 114 valence electrons. The molecule has 0 aromatic carbocycles. The Kier molecular flexibility index (Phi) is 5.51. The molecular formula is C11H17N7OS2. The number of amides is 1. The van der Waals surface area contributed by atoms with Crippen molar-refractivity contribution < 1.29 is 4.79 Å². The quantitative estimate of drug-likeness (QED) is 0.663. The molecule has 4 N–H and O–H groups in total. The van der Waals surface area contributed by atoms with E-state index >= 15 is 0 Å². The maximum Gasteiger partial charge on any atom is 0.236 e. The number of aromatic amines is 1. The molecule has 0 saturated heterocycles. The molecule has 2 aromatic rings. The van der Waals surface area contributed by atoms with Crippen molar-refractivity contribution >= 4 is 40.1 Å². The van der Waals surface area contributed by atoms with Gasteiger partial charge in [-0.1, -0.05) is 43.4 Å². The van der Waals surface area contributed by atoms with E-state index < -0.39 is 0 Å². The number of anilines is 2. The minimum absolute atomic E-state index is 0.172. The minimum Gasteiger partial charge on any atom is -0.368 e. The van der Waals surface area contributed by atoms with Crippen molar-refractivity contribution in [2.45, 2.75) is 37.8 Å². The summed E-state index contributed by atoms with van der Waals surface area (Å²) in [5.41, 5.74) is 5.40. The van der Waals surface area contributed by atoms with Gasteiger partial charge in [-0.2, -0.15) is 4.98 Å². The third-order valence-electron chi connectivity index (χ3n) is 2.64. The zero-order valence-electron chi connectivity index (χ0n) is 11.8. The highest BCUT2D eigenvalue weighted by molar-refractivity contribution is 7.99. The monoisotopic (exact) mass is 327 g/mol. The van der Waals surface area contributed by atoms with E-state index in [4.69, 9.17) is 5.73 Å². The van der Waals surface area contributed by atoms with Gasteiger partial charge in [-0.15, -0.1) is 15.3 Å². The summed E-state index contributed by atoms with van der Waals surface area (Å²) >= 11 is 2.61. The maximum absolute atomic E-state index is 11.8. The summed E-state index contributed by atoms with van der Waals surface area (Å²) in [5.74, 6) is 0.617. The van der Waals surface area contributed by atoms with Crippen molar-refractivity contribution in [2.24, 2.45) is 0 Å². The Morgan fingerprint density at radius 1 is 1.52 bits per heavy atom. The molecule has 0 aliphatic heterocycles. The van der Waals surface area contributed by atoms with E-state index in [-0.39, 0.29) is 17.6 Å². The number of aromatic nitrogens is 5. The van der Waals surface area contributed by atoms with Crippen LogP contribution in [0.2, 0.25) is 0 Å². The Morgan fingerprint density at radius 3 is 3.00 bits per heavy atom. The van der Waals surface area contributed by atoms with E-state index in [1.807, 2.05) is 0 Å². The van der Waals surface area contributed by atoms with Crippen LogP contribution >= 0.6 is 23.1 Å². The van der Waals surface area contributed by atoms with Gasteiger partial charge in [-0.05, 0) is 6.42 Å². The molecule has 0 saturated carbocycles. The minimum atomic E-state index is -0.172. The number of nitrogen functional groups attached to an aromatic ring is 1. The number of nitrogens with one attached hydrogen (secondary N) is 2. The van der Waals surface area contributed by atoms with Crippen LogP contribution in [0, 0.1) is 0 Å². The first-order valence-corrected chi connectivity index (χ1v) is 8.32. The van der Waals surface area contributed by atoms with Crippen LogP contribution < -0.4 is 11.1 Å². The predicted molar refractivity (Wildman–Crippen MR) is 83.4 cm³/mol. The van der Waals surface area contributed by atoms with Crippen LogP contribution in [0.1, 0.15) is 37.6 Å². The highest BCUT2D eigenvalue weighted by Crippen LogP contribution is 2.26. The predicted octanol–water partition coefficient (Wildman–Crippen LogP) is 1.87. The van der Waals surface area contributed by atoms with Gasteiger partial charge in [0.15, 0.2) is 0 Å². The fraction of sp³-hybridized carbons (Fsp3) is 0.545. The molecule has 0 spiro atoms. The van der Waals surface area contributed by atoms with Gasteiger partial charge in [0.25, 0.3) is 0 Å². The Bertz CT molecular complexity index is 597. The Morgan fingerprint density at radius 2 is 2.33 bits per heavy atom. The fourth-order valence-electron chi connectivity index (χ4n) is 1.65. The number of hydrogen-bond acceptors (Lipinski definition) is 8. The molecule has 0 aliphatic carbocycles. The maximum atomic E-state index is 11.8. The molecule has 2 rings (SSSR count). The van der Waals surface area contributed by atoms with Crippen LogP contribution in [0.25, 0.3) is 0 Å². The van der Waals surface area contributed by atoms with Gasteiger partial charge < -0.3 is 5.73 Å². The molecule has 1 amide bonds. The van der Waals surface area contributed by atoms with Gasteiger partial charge in [0.2, 0.25) is 22.1 Å². The van der Waals surface area contributed by atoms with Crippen molar-refractivity contribution in [3.05, 3.63) is 5.01 Å². The van der Waals surface area contributed by atoms with Gasteiger partial charge in [-0.25, -0.2) is 5.10 Å². The highest BCUT2D eigenvalue weighted by atomic mass is 32.2. The van der Waals surface area contributed by atoms with Crippen molar-refractivity contribution in [3.8, 4) is 0 Å². The van der Waals surface area contributed by atoms with E-state index in [0.29, 0.717) is 16.2 Å². The molecule has 21 heavy (non-hydrogen) atoms. The van der Waals surface area contributed by atoms with E-state index in [2.05, 4.69) is 44.5 Å². The van der Waals surface area contributed by atoms with Crippen molar-refractivity contribution in [1.82, 2.24) is 25.4 Å². The van der Waals surface area contributed by atoms with Gasteiger partial charge in [0, 0.05) is 5.92 Å². The lowest BCUT2D eigenvalue weighted by atomic mass is 10.1. The molecule has 0 fully saturated rings. The molecular weight excluding hydrogens is 310 g/mol. The number of nitrogens with two attached hydrogens (primary N) is 1. The number of carbonyl (C=O) groups excluding carboxylic acids is 1. The lowest BCUT2D eigenvalue weighted by Gasteiger charge is -2.03. The molecule has 0 radical (unpaired) electrons. The number of rotatable bonds is 7. The Labute approximate surface area is 130 Å². The van der Waals surface area contributed by atoms with Gasteiger partial charge in [0.05, 0.1) is 5.75 Å². The zero-order chi connectivity index (χ0) is 15.2. The SMILES string of the molecule is CCC[C@H](C)c1nnc(NC(=O)CSc2n[nH]c(N)n2)s1. The first kappa shape index (κ1) is 15.7. The number of carbonyl (C=O) groups is 1. The Balaban J connectivity index is 1.82. The summed E-state index contributed by atoms with van der Waals surface area (Å²) < 4.78 is 0. The lowest BCUT2D eigenvalue weighted by molar-refractivity contribution is -0.113. The molecule has 2 heterocycles. The molecule has 1 atom stereocenters. The number of nitrogens with zero attached hydrogens (tertiary/aromatic N) is 4. The lowest BCUT2D eigenvalue weighted by Crippen LogP contribution is -2.13. The smallest absolute Gasteiger partial charge is 0.236 e. The van der Waals surface area contributed by atoms with Gasteiger partial charge in [0.1, 0.15) is 5.01 Å². The summed E-state index contributed by atoms with van der Waals surface area (Å²) in [6.45, 7) is 4.24. The Hall–Kier alpha value is -1.68. The standard InChI is InChI=1S/C11H17N7OS2/c1-3-4-6(2)8-15-18-11(21-8)13-7(19)5-20-10-14-9(12)16-17-10/h6H,3-5H2,1-2H3,(H,13,18,19)(H3,12,14,16,17)/t6-/m0/s1. The third kappa shape index (κ3) is 4.67. The van der Waals surface area contributed by atoms with Crippen molar-refractivity contribution in [3.63, 3.8) is 0 Å². The van der Waals surface area contributed by atoms with Crippen molar-refractivity contribution in [1.29, 1.82) is 0 Å². The molecule has 0 aliphatic rings. The molecule has 2 aromatic heterocycles. The summed E-state index contributed by atoms with van der Waals surface area (Å²) in [5, 5.41) is 19.1. The number of thioether (sulfide) groups is 1. The molecule has 0 unspecified atom stereocenters. The zero-order valence-corrected chi connectivity index (χ0v) is 13.4. The summed E-state index contributed by atoms with van der Waals surface area (Å²) in [6.07, 6.45) is 2.16. The van der Waals surface area contributed by atoms with Crippen LogP contribution in [0.4, 0.5) is 11.1 Å². The van der Waals surface area contributed by atoms with Crippen LogP contribution in [0.5, 0.6) is 0 Å². The number of H-pyrrole nitrogens is 1. The first-order valence-electron chi connectivity index (χ1n) is 6.52. The number of hydrogen-bond donors (Lipinski definition) is 3. The van der Waals surface area contributed by atoms with E-state index in [0.717, 1.165) is 17.8 Å². The summed E-state index contributed by atoms with van der Waals surface area (Å²) in [6, 6.07) is 0. The van der Waals surface area contributed by atoms with Crippen LogP contribution in [-0.4, -0.2) is 37.0 Å². The molecule has 0 bridgehead atoms. The summed E-state index contributed by atoms with van der Waals surface area (Å²) in [4.78, 5) is 15.7. The second-order valence-electron chi connectivity index (χ2n) is 4.48. The van der Waals surface area contributed by atoms with E-state index in [1.54, 1.807) is 0 Å². The second-order valence-corrected chi connectivity index (χ2v) is 6.43. The van der Waals surface area contributed by atoms with Gasteiger partial charge >= 0.3 is 0 Å². The van der Waals surface area contributed by atoms with Crippen LogP contribution in [0.15, 0.2) is 5.16 Å². The van der Waals surface area contributed by atoms with E-state index in [1.165, 1.54) is 23.1 Å². The first-order chi connectivity index (χ1) is 10.1. The fourth-order valence-corrected chi connectivity index (χ4v) is 3.10. The average molecular weight is 327 g/mol.